The molecule has 3 heteroatoms. The molecule has 0 saturated heterocycles. The summed E-state index contributed by atoms with van der Waals surface area (Å²) in [5.41, 5.74) is 1.20. The van der Waals surface area contributed by atoms with Crippen LogP contribution in [0.25, 0.3) is 0 Å². The minimum atomic E-state index is 0.218. The first-order valence-electron chi connectivity index (χ1n) is 3.75. The fraction of sp³-hybridized carbons (Fsp3) is 0.222. The maximum Gasteiger partial charge on any atom is 0.194 e. The molecule has 0 aromatic heterocycles. The molecule has 0 bridgehead atoms. The molecule has 0 spiro atoms. The zero-order valence-electron chi connectivity index (χ0n) is 6.34. The van der Waals surface area contributed by atoms with Crippen molar-refractivity contribution in [1.82, 2.24) is 0 Å². The minimum Gasteiger partial charge on any atom is -0.287 e. The smallest absolute Gasteiger partial charge is 0.194 e. The van der Waals surface area contributed by atoms with Gasteiger partial charge in [-0.15, -0.1) is 0 Å². The highest BCUT2D eigenvalue weighted by Crippen LogP contribution is 2.36. The maximum atomic E-state index is 11.1. The number of thioether (sulfide) groups is 1. The molecule has 1 heterocycles. The third kappa shape index (κ3) is 1.37. The van der Waals surface area contributed by atoms with Crippen LogP contribution in [0, 0.1) is 0 Å². The first-order valence-corrected chi connectivity index (χ1v) is 4.95. The van der Waals surface area contributed by atoms with E-state index in [9.17, 15) is 4.79 Å². The van der Waals surface area contributed by atoms with Crippen LogP contribution in [0.5, 0.6) is 0 Å². The van der Waals surface area contributed by atoms with E-state index in [1.165, 1.54) is 17.3 Å². The van der Waals surface area contributed by atoms with Crippen molar-refractivity contribution in [3.8, 4) is 0 Å². The van der Waals surface area contributed by atoms with Crippen molar-refractivity contribution >= 4 is 28.5 Å². The first kappa shape index (κ1) is 8.14. The number of carbonyl (C=O) groups is 1. The van der Waals surface area contributed by atoms with Gasteiger partial charge in [-0.2, -0.15) is 0 Å². The SMILES string of the molecule is O=C1CCc2cccc(Cl)c2S1. The Hall–Kier alpha value is -0.470. The minimum absolute atomic E-state index is 0.218. The molecule has 0 fully saturated rings. The van der Waals surface area contributed by atoms with Gasteiger partial charge in [-0.25, -0.2) is 0 Å². The molecule has 0 radical (unpaired) electrons. The lowest BCUT2D eigenvalue weighted by Crippen LogP contribution is -2.03. The Morgan fingerprint density at radius 3 is 3.00 bits per heavy atom. The van der Waals surface area contributed by atoms with E-state index in [0.29, 0.717) is 11.4 Å². The fourth-order valence-corrected chi connectivity index (χ4v) is 2.47. The lowest BCUT2D eigenvalue weighted by molar-refractivity contribution is -0.111. The molecule has 12 heavy (non-hydrogen) atoms. The van der Waals surface area contributed by atoms with Gasteiger partial charge in [-0.1, -0.05) is 35.5 Å². The van der Waals surface area contributed by atoms with Crippen molar-refractivity contribution in [2.75, 3.05) is 0 Å². The van der Waals surface area contributed by atoms with Crippen molar-refractivity contribution in [3.63, 3.8) is 0 Å². The number of aryl methyl sites for hydroxylation is 1. The molecule has 62 valence electrons. The Morgan fingerprint density at radius 2 is 2.17 bits per heavy atom. The summed E-state index contributed by atoms with van der Waals surface area (Å²) in [6, 6.07) is 5.78. The molecular formula is C9H7ClOS. The standard InChI is InChI=1S/C9H7ClOS/c10-7-3-1-2-6-4-5-8(11)12-9(6)7/h1-3H,4-5H2. The predicted octanol–water partition coefficient (Wildman–Crippen LogP) is 2.90. The van der Waals surface area contributed by atoms with Gasteiger partial charge in [-0.3, -0.25) is 4.79 Å². The van der Waals surface area contributed by atoms with E-state index in [1.54, 1.807) is 0 Å². The molecule has 1 aliphatic rings. The second-order valence-electron chi connectivity index (χ2n) is 2.70. The molecule has 0 amide bonds. The van der Waals surface area contributed by atoms with Gasteiger partial charge < -0.3 is 0 Å². The summed E-state index contributed by atoms with van der Waals surface area (Å²) in [5, 5.41) is 0.918. The van der Waals surface area contributed by atoms with Crippen LogP contribution in [0.3, 0.4) is 0 Å². The Kier molecular flexibility index (Phi) is 2.11. The van der Waals surface area contributed by atoms with Crippen LogP contribution in [0.1, 0.15) is 12.0 Å². The van der Waals surface area contributed by atoms with E-state index >= 15 is 0 Å². The summed E-state index contributed by atoms with van der Waals surface area (Å²) in [4.78, 5) is 12.0. The van der Waals surface area contributed by atoms with E-state index in [-0.39, 0.29) is 5.12 Å². The van der Waals surface area contributed by atoms with Gasteiger partial charge >= 0.3 is 0 Å². The fourth-order valence-electron chi connectivity index (χ4n) is 1.27. The predicted molar refractivity (Wildman–Crippen MR) is 50.6 cm³/mol. The van der Waals surface area contributed by atoms with Gasteiger partial charge in [0.15, 0.2) is 5.12 Å². The Morgan fingerprint density at radius 1 is 1.33 bits per heavy atom. The molecule has 0 saturated carbocycles. The van der Waals surface area contributed by atoms with Crippen LogP contribution in [0.15, 0.2) is 23.1 Å². The Balaban J connectivity index is 2.50. The summed E-state index contributed by atoms with van der Waals surface area (Å²) in [6.45, 7) is 0. The van der Waals surface area contributed by atoms with Crippen LogP contribution >= 0.6 is 23.4 Å². The quantitative estimate of drug-likeness (QED) is 0.638. The monoisotopic (exact) mass is 198 g/mol. The zero-order chi connectivity index (χ0) is 8.55. The lowest BCUT2D eigenvalue weighted by Gasteiger charge is -2.14. The third-order valence-corrected chi connectivity index (χ3v) is 3.41. The number of hydrogen-bond acceptors (Lipinski definition) is 2. The largest absolute Gasteiger partial charge is 0.287 e. The molecule has 0 atom stereocenters. The normalized spacial score (nSPS) is 15.9. The third-order valence-electron chi connectivity index (χ3n) is 1.86. The molecule has 0 aliphatic carbocycles. The van der Waals surface area contributed by atoms with Gasteiger partial charge in [0, 0.05) is 11.3 Å². The van der Waals surface area contributed by atoms with Crippen LogP contribution in [-0.4, -0.2) is 5.12 Å². The molecule has 0 N–H and O–H groups in total. The maximum absolute atomic E-state index is 11.1. The number of hydrogen-bond donors (Lipinski definition) is 0. The molecule has 1 aromatic rings. The zero-order valence-corrected chi connectivity index (χ0v) is 7.91. The van der Waals surface area contributed by atoms with Crippen molar-refractivity contribution in [2.45, 2.75) is 17.7 Å². The number of carbonyl (C=O) groups excluding carboxylic acids is 1. The van der Waals surface area contributed by atoms with Crippen LogP contribution in [0.2, 0.25) is 5.02 Å². The second kappa shape index (κ2) is 3.11. The van der Waals surface area contributed by atoms with Crippen LogP contribution in [0.4, 0.5) is 0 Å². The summed E-state index contributed by atoms with van der Waals surface area (Å²) in [5.74, 6) is 0. The first-order chi connectivity index (χ1) is 5.77. The topological polar surface area (TPSA) is 17.1 Å². The number of fused-ring (bicyclic) bond motifs is 1. The summed E-state index contributed by atoms with van der Waals surface area (Å²) in [7, 11) is 0. The molecule has 1 aromatic carbocycles. The number of halogens is 1. The van der Waals surface area contributed by atoms with Crippen molar-refractivity contribution in [3.05, 3.63) is 28.8 Å². The van der Waals surface area contributed by atoms with E-state index in [4.69, 9.17) is 11.6 Å². The van der Waals surface area contributed by atoms with Gasteiger partial charge in [0.2, 0.25) is 0 Å². The summed E-state index contributed by atoms with van der Waals surface area (Å²) in [6.07, 6.45) is 1.47. The van der Waals surface area contributed by atoms with E-state index < -0.39 is 0 Å². The van der Waals surface area contributed by atoms with Gasteiger partial charge in [0.1, 0.15) is 0 Å². The molecule has 1 nitrogen and oxygen atoms in total. The van der Waals surface area contributed by atoms with Crippen molar-refractivity contribution in [2.24, 2.45) is 0 Å². The molecule has 1 aliphatic heterocycles. The Bertz CT molecular complexity index is 335. The van der Waals surface area contributed by atoms with Crippen LogP contribution in [-0.2, 0) is 11.2 Å². The van der Waals surface area contributed by atoms with Gasteiger partial charge in [-0.05, 0) is 18.1 Å². The van der Waals surface area contributed by atoms with Crippen LogP contribution < -0.4 is 0 Å². The van der Waals surface area contributed by atoms with E-state index in [1.807, 2.05) is 18.2 Å². The highest BCUT2D eigenvalue weighted by Gasteiger charge is 2.17. The summed E-state index contributed by atoms with van der Waals surface area (Å²) >= 11 is 7.20. The number of rotatable bonds is 0. The highest BCUT2D eigenvalue weighted by atomic mass is 35.5. The highest BCUT2D eigenvalue weighted by molar-refractivity contribution is 8.13. The molecule has 2 rings (SSSR count). The van der Waals surface area contributed by atoms with E-state index in [0.717, 1.165) is 11.3 Å². The van der Waals surface area contributed by atoms with E-state index in [2.05, 4.69) is 0 Å². The molecular weight excluding hydrogens is 192 g/mol. The average Bonchev–Trinajstić information content (AvgIpc) is 2.07. The summed E-state index contributed by atoms with van der Waals surface area (Å²) < 4.78 is 0. The van der Waals surface area contributed by atoms with Gasteiger partial charge in [0.05, 0.1) is 5.02 Å². The lowest BCUT2D eigenvalue weighted by atomic mass is 10.1. The van der Waals surface area contributed by atoms with Crippen molar-refractivity contribution in [1.29, 1.82) is 0 Å². The molecule has 0 unspecified atom stereocenters. The average molecular weight is 199 g/mol. The van der Waals surface area contributed by atoms with Crippen molar-refractivity contribution < 1.29 is 4.79 Å². The Labute approximate surface area is 80.1 Å². The van der Waals surface area contributed by atoms with Gasteiger partial charge in [0.25, 0.3) is 0 Å². The second-order valence-corrected chi connectivity index (χ2v) is 4.18. The number of benzene rings is 1.